The molecular weight excluding hydrogens is 448 g/mol. The molecule has 6 heteroatoms. The topological polar surface area (TPSA) is 50.9 Å². The lowest BCUT2D eigenvalue weighted by Crippen LogP contribution is -1.99. The summed E-state index contributed by atoms with van der Waals surface area (Å²) in [6.45, 7) is 0. The Hall–Kier alpha value is -1.41. The SMILES string of the molecule is Nc1cc(I)c(F)cc1Nc1cccc2cc(Br)cnc12. The Morgan fingerprint density at radius 2 is 2.00 bits per heavy atom. The number of rotatable bonds is 2. The third kappa shape index (κ3) is 2.96. The molecule has 3 rings (SSSR count). The molecule has 0 amide bonds. The fourth-order valence-corrected chi connectivity index (χ4v) is 2.89. The van der Waals surface area contributed by atoms with Gasteiger partial charge in [0.2, 0.25) is 0 Å². The van der Waals surface area contributed by atoms with E-state index in [1.54, 1.807) is 12.3 Å². The van der Waals surface area contributed by atoms with E-state index in [-0.39, 0.29) is 5.82 Å². The van der Waals surface area contributed by atoms with Gasteiger partial charge >= 0.3 is 0 Å². The number of aromatic nitrogens is 1. The fraction of sp³-hybridized carbons (Fsp3) is 0. The molecule has 0 spiro atoms. The van der Waals surface area contributed by atoms with Crippen LogP contribution in [0.1, 0.15) is 0 Å². The highest BCUT2D eigenvalue weighted by Crippen LogP contribution is 2.30. The average Bonchev–Trinajstić information content (AvgIpc) is 2.44. The summed E-state index contributed by atoms with van der Waals surface area (Å²) in [6.07, 6.45) is 1.73. The van der Waals surface area contributed by atoms with Crippen molar-refractivity contribution in [1.29, 1.82) is 0 Å². The molecule has 0 unspecified atom stereocenters. The van der Waals surface area contributed by atoms with E-state index in [0.717, 1.165) is 21.1 Å². The molecule has 0 atom stereocenters. The Morgan fingerprint density at radius 1 is 1.19 bits per heavy atom. The first-order valence-corrected chi connectivity index (χ1v) is 7.97. The van der Waals surface area contributed by atoms with E-state index in [0.29, 0.717) is 14.9 Å². The van der Waals surface area contributed by atoms with Crippen molar-refractivity contribution >= 4 is 66.5 Å². The minimum atomic E-state index is -0.303. The first-order valence-electron chi connectivity index (χ1n) is 6.10. The lowest BCUT2D eigenvalue weighted by Gasteiger charge is -2.12. The largest absolute Gasteiger partial charge is 0.397 e. The molecule has 106 valence electrons. The van der Waals surface area contributed by atoms with Crippen LogP contribution in [0.5, 0.6) is 0 Å². The third-order valence-electron chi connectivity index (χ3n) is 3.04. The maximum Gasteiger partial charge on any atom is 0.138 e. The Morgan fingerprint density at radius 3 is 2.81 bits per heavy atom. The van der Waals surface area contributed by atoms with E-state index in [4.69, 9.17) is 5.73 Å². The number of nitrogens with two attached hydrogens (primary N) is 1. The smallest absolute Gasteiger partial charge is 0.138 e. The van der Waals surface area contributed by atoms with Crippen molar-refractivity contribution in [2.45, 2.75) is 0 Å². The summed E-state index contributed by atoms with van der Waals surface area (Å²) in [7, 11) is 0. The molecule has 0 saturated carbocycles. The van der Waals surface area contributed by atoms with Gasteiger partial charge in [0.1, 0.15) is 5.82 Å². The maximum atomic E-state index is 13.7. The molecule has 0 radical (unpaired) electrons. The molecular formula is C15H10BrFIN3. The molecule has 0 aliphatic heterocycles. The van der Waals surface area contributed by atoms with E-state index < -0.39 is 0 Å². The molecule has 2 aromatic carbocycles. The van der Waals surface area contributed by atoms with Gasteiger partial charge < -0.3 is 11.1 Å². The van der Waals surface area contributed by atoms with Crippen LogP contribution in [0, 0.1) is 9.39 Å². The van der Waals surface area contributed by atoms with E-state index in [1.807, 2.05) is 46.9 Å². The lowest BCUT2D eigenvalue weighted by molar-refractivity contribution is 0.621. The predicted octanol–water partition coefficient (Wildman–Crippen LogP) is 5.07. The molecule has 1 aromatic heterocycles. The summed E-state index contributed by atoms with van der Waals surface area (Å²) in [4.78, 5) is 4.40. The number of benzene rings is 2. The standard InChI is InChI=1S/C15H10BrFIN3/c16-9-4-8-2-1-3-13(15(8)20-7-9)21-14-5-10(17)11(18)6-12(14)19/h1-7,21H,19H2. The summed E-state index contributed by atoms with van der Waals surface area (Å²) in [5.41, 5.74) is 8.56. The van der Waals surface area contributed by atoms with Crippen LogP contribution in [0.15, 0.2) is 47.1 Å². The highest BCUT2D eigenvalue weighted by molar-refractivity contribution is 14.1. The van der Waals surface area contributed by atoms with Crippen LogP contribution in [0.4, 0.5) is 21.5 Å². The molecule has 1 heterocycles. The zero-order valence-corrected chi connectivity index (χ0v) is 14.4. The molecule has 3 nitrogen and oxygen atoms in total. The van der Waals surface area contributed by atoms with Crippen molar-refractivity contribution < 1.29 is 4.39 Å². The van der Waals surface area contributed by atoms with Gasteiger partial charge in [-0.1, -0.05) is 12.1 Å². The average molecular weight is 458 g/mol. The quantitative estimate of drug-likeness (QED) is 0.417. The van der Waals surface area contributed by atoms with Crippen LogP contribution in [0.3, 0.4) is 0 Å². The maximum absolute atomic E-state index is 13.7. The molecule has 0 aliphatic carbocycles. The summed E-state index contributed by atoms with van der Waals surface area (Å²) < 4.78 is 15.1. The number of para-hydroxylation sites is 1. The highest BCUT2D eigenvalue weighted by atomic mass is 127. The van der Waals surface area contributed by atoms with Gasteiger partial charge in [0.05, 0.1) is 26.1 Å². The summed E-state index contributed by atoms with van der Waals surface area (Å²) >= 11 is 5.31. The number of halogens is 3. The number of hydrogen-bond acceptors (Lipinski definition) is 3. The highest BCUT2D eigenvalue weighted by Gasteiger charge is 2.09. The van der Waals surface area contributed by atoms with Crippen LogP contribution in [-0.4, -0.2) is 4.98 Å². The zero-order chi connectivity index (χ0) is 15.0. The second-order valence-corrected chi connectivity index (χ2v) is 6.59. The van der Waals surface area contributed by atoms with Gasteiger partial charge in [0, 0.05) is 22.1 Å². The second kappa shape index (κ2) is 5.76. The van der Waals surface area contributed by atoms with Crippen molar-refractivity contribution in [1.82, 2.24) is 4.98 Å². The van der Waals surface area contributed by atoms with Crippen LogP contribution in [0.25, 0.3) is 10.9 Å². The van der Waals surface area contributed by atoms with Crippen LogP contribution in [0.2, 0.25) is 0 Å². The van der Waals surface area contributed by atoms with Gasteiger partial charge in [-0.25, -0.2) is 4.39 Å². The predicted molar refractivity (Wildman–Crippen MR) is 96.3 cm³/mol. The number of pyridine rings is 1. The minimum Gasteiger partial charge on any atom is -0.397 e. The molecule has 0 saturated heterocycles. The molecule has 3 aromatic rings. The Kier molecular flexibility index (Phi) is 3.99. The number of fused-ring (bicyclic) bond motifs is 1. The van der Waals surface area contributed by atoms with E-state index in [1.165, 1.54) is 6.07 Å². The van der Waals surface area contributed by atoms with Crippen molar-refractivity contribution in [3.05, 3.63) is 56.5 Å². The van der Waals surface area contributed by atoms with Crippen molar-refractivity contribution in [3.63, 3.8) is 0 Å². The van der Waals surface area contributed by atoms with E-state index in [2.05, 4.69) is 26.2 Å². The van der Waals surface area contributed by atoms with Gasteiger partial charge in [-0.15, -0.1) is 0 Å². The van der Waals surface area contributed by atoms with Gasteiger partial charge in [-0.05, 0) is 56.7 Å². The molecule has 0 bridgehead atoms. The first kappa shape index (κ1) is 14.5. The normalized spacial score (nSPS) is 10.8. The Balaban J connectivity index is 2.08. The van der Waals surface area contributed by atoms with E-state index >= 15 is 0 Å². The second-order valence-electron chi connectivity index (χ2n) is 4.51. The zero-order valence-electron chi connectivity index (χ0n) is 10.7. The van der Waals surface area contributed by atoms with Gasteiger partial charge in [-0.3, -0.25) is 4.98 Å². The molecule has 21 heavy (non-hydrogen) atoms. The number of hydrogen-bond donors (Lipinski definition) is 2. The van der Waals surface area contributed by atoms with Crippen LogP contribution in [-0.2, 0) is 0 Å². The number of nitrogen functional groups attached to an aromatic ring is 1. The van der Waals surface area contributed by atoms with Gasteiger partial charge in [-0.2, -0.15) is 0 Å². The Labute approximate surface area is 143 Å². The monoisotopic (exact) mass is 457 g/mol. The van der Waals surface area contributed by atoms with E-state index in [9.17, 15) is 4.39 Å². The summed E-state index contributed by atoms with van der Waals surface area (Å²) in [5.74, 6) is -0.303. The summed E-state index contributed by atoms with van der Waals surface area (Å²) in [5, 5.41) is 4.14. The van der Waals surface area contributed by atoms with Gasteiger partial charge in [0.25, 0.3) is 0 Å². The number of nitrogens with zero attached hydrogens (tertiary/aromatic N) is 1. The molecule has 0 aliphatic rings. The van der Waals surface area contributed by atoms with Gasteiger partial charge in [0.15, 0.2) is 0 Å². The summed E-state index contributed by atoms with van der Waals surface area (Å²) in [6, 6.07) is 10.8. The minimum absolute atomic E-state index is 0.303. The number of nitrogens with one attached hydrogen (secondary N) is 1. The lowest BCUT2D eigenvalue weighted by atomic mass is 10.2. The van der Waals surface area contributed by atoms with Crippen molar-refractivity contribution in [3.8, 4) is 0 Å². The van der Waals surface area contributed by atoms with Crippen LogP contribution < -0.4 is 11.1 Å². The molecule has 0 fully saturated rings. The molecule has 3 N–H and O–H groups in total. The first-order chi connectivity index (χ1) is 10.0. The van der Waals surface area contributed by atoms with Crippen molar-refractivity contribution in [2.75, 3.05) is 11.1 Å². The van der Waals surface area contributed by atoms with Crippen LogP contribution >= 0.6 is 38.5 Å². The third-order valence-corrected chi connectivity index (χ3v) is 4.30. The van der Waals surface area contributed by atoms with Crippen molar-refractivity contribution in [2.24, 2.45) is 0 Å². The fourth-order valence-electron chi connectivity index (χ4n) is 2.05. The number of anilines is 3. The Bertz CT molecular complexity index is 839.